The van der Waals surface area contributed by atoms with Crippen molar-refractivity contribution in [2.24, 2.45) is 11.8 Å². The summed E-state index contributed by atoms with van der Waals surface area (Å²) in [5, 5.41) is 8.84. The molecular weight excluding hydrogens is 266 g/mol. The molecular formula is C17H17NO3. The number of carboxylic acids is 1. The number of rotatable bonds is 5. The lowest BCUT2D eigenvalue weighted by Gasteiger charge is -2.07. The van der Waals surface area contributed by atoms with Crippen LogP contribution >= 0.6 is 0 Å². The molecule has 0 aliphatic heterocycles. The number of hydrogen-bond acceptors (Lipinski definition) is 3. The molecule has 3 rings (SSSR count). The van der Waals surface area contributed by atoms with Crippen LogP contribution in [0.1, 0.15) is 6.42 Å². The van der Waals surface area contributed by atoms with Crippen molar-refractivity contribution in [3.05, 3.63) is 48.5 Å². The van der Waals surface area contributed by atoms with E-state index in [0.717, 1.165) is 29.0 Å². The molecule has 1 aliphatic carbocycles. The minimum Gasteiger partial charge on any atom is -0.493 e. The Morgan fingerprint density at radius 1 is 1.10 bits per heavy atom. The van der Waals surface area contributed by atoms with E-state index >= 15 is 0 Å². The van der Waals surface area contributed by atoms with Crippen LogP contribution in [0.4, 0.5) is 5.69 Å². The van der Waals surface area contributed by atoms with Gasteiger partial charge in [0.15, 0.2) is 0 Å². The number of carbonyl (C=O) groups is 1. The van der Waals surface area contributed by atoms with Crippen LogP contribution in [0.25, 0.3) is 11.1 Å². The Kier molecular flexibility index (Phi) is 3.52. The normalized spacial score (nSPS) is 20.0. The summed E-state index contributed by atoms with van der Waals surface area (Å²) in [4.78, 5) is 10.7. The summed E-state index contributed by atoms with van der Waals surface area (Å²) in [5.74, 6) is -0.0224. The van der Waals surface area contributed by atoms with Gasteiger partial charge in [0, 0.05) is 11.6 Å². The highest BCUT2D eigenvalue weighted by atomic mass is 16.5. The van der Waals surface area contributed by atoms with Gasteiger partial charge in [-0.3, -0.25) is 4.79 Å². The lowest BCUT2D eigenvalue weighted by atomic mass is 10.1. The molecule has 1 fully saturated rings. The number of nitrogens with two attached hydrogens (primary N) is 1. The second-order valence-corrected chi connectivity index (χ2v) is 5.40. The fourth-order valence-electron chi connectivity index (χ4n) is 2.36. The summed E-state index contributed by atoms with van der Waals surface area (Å²) < 4.78 is 5.64. The van der Waals surface area contributed by atoms with Gasteiger partial charge >= 0.3 is 5.97 Å². The molecule has 0 saturated heterocycles. The summed E-state index contributed by atoms with van der Waals surface area (Å²) in [7, 11) is 0. The molecule has 0 spiro atoms. The van der Waals surface area contributed by atoms with E-state index < -0.39 is 5.97 Å². The van der Waals surface area contributed by atoms with Crippen molar-refractivity contribution in [2.45, 2.75) is 6.42 Å². The Morgan fingerprint density at radius 2 is 1.67 bits per heavy atom. The Hall–Kier alpha value is -2.49. The average Bonchev–Trinajstić information content (AvgIpc) is 3.26. The topological polar surface area (TPSA) is 72.5 Å². The Morgan fingerprint density at radius 3 is 2.19 bits per heavy atom. The minimum absolute atomic E-state index is 0.152. The molecule has 21 heavy (non-hydrogen) atoms. The maximum Gasteiger partial charge on any atom is 0.306 e. The summed E-state index contributed by atoms with van der Waals surface area (Å²) in [5.41, 5.74) is 8.62. The van der Waals surface area contributed by atoms with Crippen LogP contribution in [0.3, 0.4) is 0 Å². The maximum atomic E-state index is 10.7. The number of hydrogen-bond donors (Lipinski definition) is 2. The van der Waals surface area contributed by atoms with Crippen LogP contribution in [0.15, 0.2) is 48.5 Å². The molecule has 1 aliphatic rings. The van der Waals surface area contributed by atoms with Crippen LogP contribution in [0.5, 0.6) is 5.75 Å². The molecule has 0 unspecified atom stereocenters. The number of carboxylic acid groups (broad SMARTS) is 1. The molecule has 0 bridgehead atoms. The molecule has 0 aromatic heterocycles. The van der Waals surface area contributed by atoms with E-state index in [0.29, 0.717) is 6.61 Å². The van der Waals surface area contributed by atoms with Crippen LogP contribution in [-0.4, -0.2) is 17.7 Å². The van der Waals surface area contributed by atoms with E-state index in [-0.39, 0.29) is 11.8 Å². The lowest BCUT2D eigenvalue weighted by Crippen LogP contribution is -2.06. The second-order valence-electron chi connectivity index (χ2n) is 5.40. The van der Waals surface area contributed by atoms with Gasteiger partial charge in [-0.15, -0.1) is 0 Å². The predicted octanol–water partition coefficient (Wildman–Crippen LogP) is 3.04. The monoisotopic (exact) mass is 283 g/mol. The molecule has 2 aromatic carbocycles. The fourth-order valence-corrected chi connectivity index (χ4v) is 2.36. The van der Waals surface area contributed by atoms with Crippen molar-refractivity contribution >= 4 is 11.7 Å². The van der Waals surface area contributed by atoms with E-state index in [4.69, 9.17) is 15.6 Å². The summed E-state index contributed by atoms with van der Waals surface area (Å²) in [6.45, 7) is 0.470. The van der Waals surface area contributed by atoms with Crippen LogP contribution in [0, 0.1) is 11.8 Å². The van der Waals surface area contributed by atoms with Gasteiger partial charge < -0.3 is 15.6 Å². The molecule has 108 valence electrons. The molecule has 0 heterocycles. The van der Waals surface area contributed by atoms with Gasteiger partial charge in [0.2, 0.25) is 0 Å². The van der Waals surface area contributed by atoms with E-state index in [1.807, 2.05) is 48.5 Å². The molecule has 0 radical (unpaired) electrons. The molecule has 2 aromatic rings. The number of aliphatic carboxylic acids is 1. The van der Waals surface area contributed by atoms with Gasteiger partial charge in [0.1, 0.15) is 5.75 Å². The van der Waals surface area contributed by atoms with Crippen molar-refractivity contribution in [1.29, 1.82) is 0 Å². The molecule has 0 amide bonds. The molecule has 4 nitrogen and oxygen atoms in total. The smallest absolute Gasteiger partial charge is 0.306 e. The van der Waals surface area contributed by atoms with Gasteiger partial charge in [-0.1, -0.05) is 24.3 Å². The van der Waals surface area contributed by atoms with E-state index in [2.05, 4.69) is 0 Å². The molecule has 3 N–H and O–H groups in total. The molecule has 2 atom stereocenters. The third kappa shape index (κ3) is 3.16. The number of nitrogen functional groups attached to an aromatic ring is 1. The Bertz CT molecular complexity index is 634. The van der Waals surface area contributed by atoms with E-state index in [1.165, 1.54) is 0 Å². The standard InChI is InChI=1S/C17H17NO3/c18-14-5-1-11(2-6-14)12-3-7-15(8-4-12)21-10-13-9-16(13)17(19)20/h1-8,13,16H,9-10,18H2,(H,19,20)/t13-,16+/m0/s1. The van der Waals surface area contributed by atoms with Gasteiger partial charge in [-0.05, 0) is 41.8 Å². The van der Waals surface area contributed by atoms with Crippen molar-refractivity contribution in [2.75, 3.05) is 12.3 Å². The van der Waals surface area contributed by atoms with Gasteiger partial charge in [0.05, 0.1) is 12.5 Å². The van der Waals surface area contributed by atoms with Crippen LogP contribution in [-0.2, 0) is 4.79 Å². The first-order valence-electron chi connectivity index (χ1n) is 6.95. The van der Waals surface area contributed by atoms with Crippen LogP contribution in [0.2, 0.25) is 0 Å². The van der Waals surface area contributed by atoms with Gasteiger partial charge in [0.25, 0.3) is 0 Å². The van der Waals surface area contributed by atoms with Crippen molar-refractivity contribution in [1.82, 2.24) is 0 Å². The highest BCUT2D eigenvalue weighted by Crippen LogP contribution is 2.38. The zero-order chi connectivity index (χ0) is 14.8. The first-order valence-corrected chi connectivity index (χ1v) is 6.95. The maximum absolute atomic E-state index is 10.7. The van der Waals surface area contributed by atoms with Gasteiger partial charge in [-0.2, -0.15) is 0 Å². The van der Waals surface area contributed by atoms with E-state index in [9.17, 15) is 4.79 Å². The lowest BCUT2D eigenvalue weighted by molar-refractivity contribution is -0.138. The van der Waals surface area contributed by atoms with E-state index in [1.54, 1.807) is 0 Å². The third-order valence-corrected chi connectivity index (χ3v) is 3.80. The van der Waals surface area contributed by atoms with Crippen molar-refractivity contribution in [3.8, 4) is 16.9 Å². The summed E-state index contributed by atoms with van der Waals surface area (Å²) >= 11 is 0. The van der Waals surface area contributed by atoms with Gasteiger partial charge in [-0.25, -0.2) is 0 Å². The SMILES string of the molecule is Nc1ccc(-c2ccc(OC[C@@H]3C[C@H]3C(=O)O)cc2)cc1. The minimum atomic E-state index is -0.720. The summed E-state index contributed by atoms with van der Waals surface area (Å²) in [6, 6.07) is 15.5. The first kappa shape index (κ1) is 13.5. The third-order valence-electron chi connectivity index (χ3n) is 3.80. The zero-order valence-corrected chi connectivity index (χ0v) is 11.5. The Balaban J connectivity index is 1.59. The Labute approximate surface area is 123 Å². The highest BCUT2D eigenvalue weighted by Gasteiger charge is 2.43. The number of benzene rings is 2. The number of anilines is 1. The largest absolute Gasteiger partial charge is 0.493 e. The first-order chi connectivity index (χ1) is 10.1. The van der Waals surface area contributed by atoms with Crippen LogP contribution < -0.4 is 10.5 Å². The highest BCUT2D eigenvalue weighted by molar-refractivity contribution is 5.73. The summed E-state index contributed by atoms with van der Waals surface area (Å²) in [6.07, 6.45) is 0.721. The second kappa shape index (κ2) is 5.48. The zero-order valence-electron chi connectivity index (χ0n) is 11.5. The van der Waals surface area contributed by atoms with Crippen molar-refractivity contribution < 1.29 is 14.6 Å². The predicted molar refractivity (Wildman–Crippen MR) is 81.0 cm³/mol. The molecule has 1 saturated carbocycles. The fraction of sp³-hybridized carbons (Fsp3) is 0.235. The number of ether oxygens (including phenoxy) is 1. The quantitative estimate of drug-likeness (QED) is 0.827. The van der Waals surface area contributed by atoms with Crippen molar-refractivity contribution in [3.63, 3.8) is 0 Å². The average molecular weight is 283 g/mol. The molecule has 4 heteroatoms.